The van der Waals surface area contributed by atoms with E-state index in [1.807, 2.05) is 41.4 Å². The maximum atomic E-state index is 12.9. The molecule has 4 rings (SSSR count). The molecule has 2 heterocycles. The predicted molar refractivity (Wildman–Crippen MR) is 112 cm³/mol. The third-order valence-corrected chi connectivity index (χ3v) is 5.42. The molecule has 0 N–H and O–H groups in total. The number of amides is 1. The molecule has 0 aliphatic carbocycles. The van der Waals surface area contributed by atoms with E-state index in [1.54, 1.807) is 12.1 Å². The average molecular weight is 392 g/mol. The highest BCUT2D eigenvalue weighted by Crippen LogP contribution is 2.28. The summed E-state index contributed by atoms with van der Waals surface area (Å²) in [6.07, 6.45) is 3.79. The molecule has 28 heavy (non-hydrogen) atoms. The lowest BCUT2D eigenvalue weighted by atomic mass is 9.94. The van der Waals surface area contributed by atoms with Gasteiger partial charge in [0.1, 0.15) is 0 Å². The maximum Gasteiger partial charge on any atom is 0.253 e. The summed E-state index contributed by atoms with van der Waals surface area (Å²) in [5.41, 5.74) is 3.85. The van der Waals surface area contributed by atoms with Crippen LogP contribution in [-0.2, 0) is 0 Å². The van der Waals surface area contributed by atoms with Crippen LogP contribution in [0, 0.1) is 6.92 Å². The van der Waals surface area contributed by atoms with Crippen LogP contribution in [0.2, 0.25) is 5.02 Å². The number of carbonyl (C=O) groups is 1. The van der Waals surface area contributed by atoms with Crippen LogP contribution in [0.25, 0.3) is 11.4 Å². The smallest absolute Gasteiger partial charge is 0.253 e. The first kappa shape index (κ1) is 18.6. The van der Waals surface area contributed by atoms with Crippen molar-refractivity contribution >= 4 is 17.5 Å². The molecule has 1 aliphatic heterocycles. The lowest BCUT2D eigenvalue weighted by Gasteiger charge is -2.32. The van der Waals surface area contributed by atoms with E-state index in [2.05, 4.69) is 24.0 Å². The van der Waals surface area contributed by atoms with Crippen LogP contribution >= 0.6 is 11.6 Å². The van der Waals surface area contributed by atoms with Gasteiger partial charge >= 0.3 is 0 Å². The number of likely N-dealkylation sites (tertiary alicyclic amines) is 1. The molecule has 3 aromatic rings. The van der Waals surface area contributed by atoms with Crippen LogP contribution in [0.1, 0.15) is 40.4 Å². The van der Waals surface area contributed by atoms with E-state index in [-0.39, 0.29) is 11.8 Å². The zero-order valence-corrected chi connectivity index (χ0v) is 16.6. The minimum atomic E-state index is 0.0278. The van der Waals surface area contributed by atoms with Gasteiger partial charge in [0, 0.05) is 47.0 Å². The Hall–Kier alpha value is -2.72. The Morgan fingerprint density at radius 2 is 1.96 bits per heavy atom. The van der Waals surface area contributed by atoms with Crippen LogP contribution in [0.3, 0.4) is 0 Å². The van der Waals surface area contributed by atoms with Gasteiger partial charge in [-0.1, -0.05) is 47.5 Å². The first-order chi connectivity index (χ1) is 13.6. The number of hydrogen-bond donors (Lipinski definition) is 0. The topological polar surface area (TPSA) is 46.1 Å². The molecule has 0 unspecified atom stereocenters. The number of nitrogens with zero attached hydrogens (tertiary/aromatic N) is 3. The molecule has 0 saturated carbocycles. The Morgan fingerprint density at radius 3 is 2.75 bits per heavy atom. The lowest BCUT2D eigenvalue weighted by molar-refractivity contribution is 0.0706. The molecule has 0 bridgehead atoms. The highest BCUT2D eigenvalue weighted by Gasteiger charge is 2.26. The van der Waals surface area contributed by atoms with E-state index < -0.39 is 0 Å². The minimum Gasteiger partial charge on any atom is -0.338 e. The Bertz CT molecular complexity index is 987. The van der Waals surface area contributed by atoms with Gasteiger partial charge in [-0.25, -0.2) is 9.97 Å². The lowest BCUT2D eigenvalue weighted by Crippen LogP contribution is -2.39. The molecule has 5 heteroatoms. The number of aryl methyl sites for hydroxylation is 1. The number of carbonyl (C=O) groups excluding carboxylic acids is 1. The summed E-state index contributed by atoms with van der Waals surface area (Å²) in [6, 6.07) is 17.3. The number of rotatable bonds is 3. The molecule has 1 saturated heterocycles. The molecule has 4 nitrogen and oxygen atoms in total. The SMILES string of the molecule is Cc1ccc(-c2nccc([C@@H]3CCCN(C(=O)c4cccc(Cl)c4)C3)n2)cc1. The minimum absolute atomic E-state index is 0.0278. The number of piperidine rings is 1. The Labute approximate surface area is 170 Å². The third-order valence-electron chi connectivity index (χ3n) is 5.19. The molecule has 1 fully saturated rings. The average Bonchev–Trinajstić information content (AvgIpc) is 2.74. The van der Waals surface area contributed by atoms with Gasteiger partial charge in [0.15, 0.2) is 5.82 Å². The zero-order chi connectivity index (χ0) is 19.5. The summed E-state index contributed by atoms with van der Waals surface area (Å²) in [4.78, 5) is 24.0. The summed E-state index contributed by atoms with van der Waals surface area (Å²) in [7, 11) is 0. The van der Waals surface area contributed by atoms with E-state index in [1.165, 1.54) is 5.56 Å². The van der Waals surface area contributed by atoms with Gasteiger partial charge in [0.05, 0.1) is 0 Å². The monoisotopic (exact) mass is 391 g/mol. The van der Waals surface area contributed by atoms with E-state index >= 15 is 0 Å². The van der Waals surface area contributed by atoms with E-state index in [4.69, 9.17) is 16.6 Å². The van der Waals surface area contributed by atoms with Gasteiger partial charge in [0.2, 0.25) is 0 Å². The maximum absolute atomic E-state index is 12.9. The van der Waals surface area contributed by atoms with Crippen molar-refractivity contribution < 1.29 is 4.79 Å². The van der Waals surface area contributed by atoms with Crippen molar-refractivity contribution in [1.29, 1.82) is 0 Å². The van der Waals surface area contributed by atoms with Gasteiger partial charge in [0.25, 0.3) is 5.91 Å². The molecule has 1 amide bonds. The fourth-order valence-corrected chi connectivity index (χ4v) is 3.84. The first-order valence-corrected chi connectivity index (χ1v) is 9.93. The summed E-state index contributed by atoms with van der Waals surface area (Å²) < 4.78 is 0. The summed E-state index contributed by atoms with van der Waals surface area (Å²) in [5.74, 6) is 0.972. The van der Waals surface area contributed by atoms with Crippen molar-refractivity contribution in [3.8, 4) is 11.4 Å². The second-order valence-electron chi connectivity index (χ2n) is 7.27. The number of hydrogen-bond acceptors (Lipinski definition) is 3. The summed E-state index contributed by atoms with van der Waals surface area (Å²) >= 11 is 6.05. The third kappa shape index (κ3) is 4.07. The van der Waals surface area contributed by atoms with Crippen LogP contribution < -0.4 is 0 Å². The second kappa shape index (κ2) is 8.11. The van der Waals surface area contributed by atoms with E-state index in [0.717, 1.165) is 36.5 Å². The van der Waals surface area contributed by atoms with Crippen LogP contribution in [0.4, 0.5) is 0 Å². The number of halogens is 1. The van der Waals surface area contributed by atoms with Crippen molar-refractivity contribution in [3.63, 3.8) is 0 Å². The standard InChI is InChI=1S/C23H22ClN3O/c1-16-7-9-17(10-8-16)22-25-12-11-21(26-22)19-5-3-13-27(15-19)23(28)18-4-2-6-20(24)14-18/h2,4,6-12,14,19H,3,5,13,15H2,1H3/t19-/m1/s1. The number of aromatic nitrogens is 2. The predicted octanol–water partition coefficient (Wildman–Crippen LogP) is 5.13. The fourth-order valence-electron chi connectivity index (χ4n) is 3.65. The van der Waals surface area contributed by atoms with Crippen molar-refractivity contribution in [2.75, 3.05) is 13.1 Å². The molecule has 1 aromatic heterocycles. The Balaban J connectivity index is 1.54. The molecular weight excluding hydrogens is 370 g/mol. The molecule has 1 aliphatic rings. The normalized spacial score (nSPS) is 16.8. The van der Waals surface area contributed by atoms with Gasteiger partial charge in [-0.05, 0) is 44.0 Å². The van der Waals surface area contributed by atoms with Crippen molar-refractivity contribution in [3.05, 3.63) is 82.6 Å². The van der Waals surface area contributed by atoms with E-state index in [9.17, 15) is 4.79 Å². The van der Waals surface area contributed by atoms with E-state index in [0.29, 0.717) is 17.1 Å². The number of benzene rings is 2. The van der Waals surface area contributed by atoms with Crippen LogP contribution in [0.15, 0.2) is 60.8 Å². The Kier molecular flexibility index (Phi) is 5.40. The molecular formula is C23H22ClN3O. The van der Waals surface area contributed by atoms with Gasteiger partial charge in [-0.15, -0.1) is 0 Å². The second-order valence-corrected chi connectivity index (χ2v) is 7.71. The molecule has 1 atom stereocenters. The first-order valence-electron chi connectivity index (χ1n) is 9.55. The molecule has 0 spiro atoms. The molecule has 0 radical (unpaired) electrons. The van der Waals surface area contributed by atoms with Crippen molar-refractivity contribution in [2.24, 2.45) is 0 Å². The van der Waals surface area contributed by atoms with Crippen LogP contribution in [-0.4, -0.2) is 33.9 Å². The highest BCUT2D eigenvalue weighted by atomic mass is 35.5. The zero-order valence-electron chi connectivity index (χ0n) is 15.8. The molecule has 2 aromatic carbocycles. The summed E-state index contributed by atoms with van der Waals surface area (Å²) in [5, 5.41) is 0.581. The quantitative estimate of drug-likeness (QED) is 0.622. The largest absolute Gasteiger partial charge is 0.338 e. The van der Waals surface area contributed by atoms with Gasteiger partial charge in [-0.3, -0.25) is 4.79 Å². The summed E-state index contributed by atoms with van der Waals surface area (Å²) in [6.45, 7) is 3.49. The fraction of sp³-hybridized carbons (Fsp3) is 0.261. The van der Waals surface area contributed by atoms with Gasteiger partial charge < -0.3 is 4.90 Å². The van der Waals surface area contributed by atoms with Crippen molar-refractivity contribution in [1.82, 2.24) is 14.9 Å². The van der Waals surface area contributed by atoms with Gasteiger partial charge in [-0.2, -0.15) is 0 Å². The highest BCUT2D eigenvalue weighted by molar-refractivity contribution is 6.30. The Morgan fingerprint density at radius 1 is 1.14 bits per heavy atom. The molecule has 142 valence electrons. The van der Waals surface area contributed by atoms with Crippen LogP contribution in [0.5, 0.6) is 0 Å². The van der Waals surface area contributed by atoms with Crippen molar-refractivity contribution in [2.45, 2.75) is 25.7 Å².